The van der Waals surface area contributed by atoms with Crippen LogP contribution in [0.1, 0.15) is 15.9 Å². The lowest BCUT2D eigenvalue weighted by Crippen LogP contribution is -2.14. The highest BCUT2D eigenvalue weighted by molar-refractivity contribution is 7.92. The van der Waals surface area contributed by atoms with Crippen molar-refractivity contribution >= 4 is 27.3 Å². The highest BCUT2D eigenvalue weighted by Gasteiger charge is 2.17. The van der Waals surface area contributed by atoms with E-state index in [0.29, 0.717) is 28.4 Å². The van der Waals surface area contributed by atoms with Crippen molar-refractivity contribution in [1.82, 2.24) is 0 Å². The van der Waals surface area contributed by atoms with Crippen LogP contribution in [-0.4, -0.2) is 21.1 Å². The van der Waals surface area contributed by atoms with Crippen LogP contribution in [0.3, 0.4) is 0 Å². The van der Waals surface area contributed by atoms with Gasteiger partial charge in [0, 0.05) is 23.0 Å². The predicted octanol–water partition coefficient (Wildman–Crippen LogP) is 3.78. The predicted molar refractivity (Wildman–Crippen MR) is 109 cm³/mol. The van der Waals surface area contributed by atoms with Crippen molar-refractivity contribution in [3.05, 3.63) is 77.9 Å². The highest BCUT2D eigenvalue weighted by Crippen LogP contribution is 2.34. The molecule has 0 atom stereocenters. The molecule has 0 aliphatic carbocycles. The first-order chi connectivity index (χ1) is 13.9. The van der Waals surface area contributed by atoms with Gasteiger partial charge >= 0.3 is 0 Å². The Bertz CT molecular complexity index is 1160. The van der Waals surface area contributed by atoms with E-state index < -0.39 is 10.0 Å². The standard InChI is InChI=1S/C21H18N2O5S/c1-14-2-6-16(7-3-14)23-29(25,26)18-9-4-15(5-10-18)21(24)22-17-8-11-19-20(12-17)28-13-27-19/h2-12,23H,13H2,1H3,(H,22,24). The summed E-state index contributed by atoms with van der Waals surface area (Å²) in [4.78, 5) is 12.5. The van der Waals surface area contributed by atoms with E-state index in [9.17, 15) is 13.2 Å². The Labute approximate surface area is 168 Å². The fourth-order valence-corrected chi connectivity index (χ4v) is 3.86. The summed E-state index contributed by atoms with van der Waals surface area (Å²) < 4.78 is 38.1. The lowest BCUT2D eigenvalue weighted by Gasteiger charge is -2.10. The van der Waals surface area contributed by atoms with E-state index in [1.807, 2.05) is 19.1 Å². The minimum absolute atomic E-state index is 0.0673. The zero-order chi connectivity index (χ0) is 20.4. The number of hydrogen-bond donors (Lipinski definition) is 2. The summed E-state index contributed by atoms with van der Waals surface area (Å²) in [6.45, 7) is 2.07. The van der Waals surface area contributed by atoms with Crippen LogP contribution in [0.4, 0.5) is 11.4 Å². The Morgan fingerprint density at radius 1 is 0.862 bits per heavy atom. The average molecular weight is 410 g/mol. The number of anilines is 2. The highest BCUT2D eigenvalue weighted by atomic mass is 32.2. The number of carbonyl (C=O) groups excluding carboxylic acids is 1. The van der Waals surface area contributed by atoms with E-state index in [2.05, 4.69) is 10.0 Å². The van der Waals surface area contributed by atoms with Gasteiger partial charge < -0.3 is 14.8 Å². The summed E-state index contributed by atoms with van der Waals surface area (Å²) in [5.74, 6) is 0.823. The number of nitrogens with one attached hydrogen (secondary N) is 2. The molecule has 0 saturated heterocycles. The molecule has 0 spiro atoms. The second-order valence-electron chi connectivity index (χ2n) is 6.52. The summed E-state index contributed by atoms with van der Waals surface area (Å²) >= 11 is 0. The molecule has 8 heteroatoms. The number of benzene rings is 3. The molecule has 0 aromatic heterocycles. The molecule has 1 heterocycles. The molecule has 2 N–H and O–H groups in total. The number of amides is 1. The fraction of sp³-hybridized carbons (Fsp3) is 0.0952. The maximum absolute atomic E-state index is 12.5. The smallest absolute Gasteiger partial charge is 0.261 e. The van der Waals surface area contributed by atoms with Crippen molar-refractivity contribution in [1.29, 1.82) is 0 Å². The molecular formula is C21H18N2O5S. The van der Waals surface area contributed by atoms with E-state index in [4.69, 9.17) is 9.47 Å². The second kappa shape index (κ2) is 7.48. The van der Waals surface area contributed by atoms with E-state index in [-0.39, 0.29) is 17.6 Å². The molecule has 1 aliphatic heterocycles. The van der Waals surface area contributed by atoms with Gasteiger partial charge in [0.1, 0.15) is 0 Å². The summed E-state index contributed by atoms with van der Waals surface area (Å²) in [5.41, 5.74) is 2.39. The molecule has 4 rings (SSSR count). The summed E-state index contributed by atoms with van der Waals surface area (Å²) in [6.07, 6.45) is 0. The number of fused-ring (bicyclic) bond motifs is 1. The van der Waals surface area contributed by atoms with Gasteiger partial charge in [-0.25, -0.2) is 8.42 Å². The van der Waals surface area contributed by atoms with Gasteiger partial charge in [0.2, 0.25) is 6.79 Å². The van der Waals surface area contributed by atoms with E-state index >= 15 is 0 Å². The molecule has 3 aromatic rings. The first kappa shape index (κ1) is 18.8. The number of carbonyl (C=O) groups is 1. The molecule has 0 bridgehead atoms. The van der Waals surface area contributed by atoms with Crippen LogP contribution in [0, 0.1) is 6.92 Å². The number of sulfonamides is 1. The summed E-state index contributed by atoms with van der Waals surface area (Å²) in [5, 5.41) is 2.75. The number of aryl methyl sites for hydroxylation is 1. The van der Waals surface area contributed by atoms with Crippen LogP contribution in [0.25, 0.3) is 0 Å². The molecule has 0 unspecified atom stereocenters. The summed E-state index contributed by atoms with van der Waals surface area (Å²) in [7, 11) is -3.75. The molecule has 0 radical (unpaired) electrons. The first-order valence-corrected chi connectivity index (χ1v) is 10.3. The lowest BCUT2D eigenvalue weighted by atomic mass is 10.2. The SMILES string of the molecule is Cc1ccc(NS(=O)(=O)c2ccc(C(=O)Nc3ccc4c(c3)OCO4)cc2)cc1. The number of rotatable bonds is 5. The maximum Gasteiger partial charge on any atom is 0.261 e. The van der Waals surface area contributed by atoms with Gasteiger partial charge in [-0.05, 0) is 55.5 Å². The van der Waals surface area contributed by atoms with E-state index in [0.717, 1.165) is 5.56 Å². The van der Waals surface area contributed by atoms with Crippen LogP contribution in [0.2, 0.25) is 0 Å². The third-order valence-electron chi connectivity index (χ3n) is 4.36. The Morgan fingerprint density at radius 3 is 2.24 bits per heavy atom. The van der Waals surface area contributed by atoms with Gasteiger partial charge in [0.15, 0.2) is 11.5 Å². The number of ether oxygens (including phenoxy) is 2. The Morgan fingerprint density at radius 2 is 1.52 bits per heavy atom. The molecule has 0 fully saturated rings. The number of hydrogen-bond acceptors (Lipinski definition) is 5. The van der Waals surface area contributed by atoms with Gasteiger partial charge in [-0.15, -0.1) is 0 Å². The van der Waals surface area contributed by atoms with Crippen LogP contribution >= 0.6 is 0 Å². The average Bonchev–Trinajstić information content (AvgIpc) is 3.17. The van der Waals surface area contributed by atoms with Gasteiger partial charge in [0.05, 0.1) is 4.90 Å². The molecule has 7 nitrogen and oxygen atoms in total. The lowest BCUT2D eigenvalue weighted by molar-refractivity contribution is 0.102. The van der Waals surface area contributed by atoms with Gasteiger partial charge in [-0.1, -0.05) is 17.7 Å². The van der Waals surface area contributed by atoms with Crippen molar-refractivity contribution in [3.63, 3.8) is 0 Å². The fourth-order valence-electron chi connectivity index (χ4n) is 2.80. The normalized spacial score (nSPS) is 12.4. The maximum atomic E-state index is 12.5. The molecular weight excluding hydrogens is 392 g/mol. The van der Waals surface area contributed by atoms with Crippen molar-refractivity contribution in [3.8, 4) is 11.5 Å². The molecule has 1 amide bonds. The van der Waals surface area contributed by atoms with Gasteiger partial charge in [0.25, 0.3) is 15.9 Å². The van der Waals surface area contributed by atoms with E-state index in [1.165, 1.54) is 24.3 Å². The Balaban J connectivity index is 1.46. The topological polar surface area (TPSA) is 93.7 Å². The minimum atomic E-state index is -3.75. The van der Waals surface area contributed by atoms with Crippen LogP contribution in [0.5, 0.6) is 11.5 Å². The Hall–Kier alpha value is -3.52. The van der Waals surface area contributed by atoms with Crippen molar-refractivity contribution < 1.29 is 22.7 Å². The monoisotopic (exact) mass is 410 g/mol. The van der Waals surface area contributed by atoms with Crippen molar-refractivity contribution in [2.45, 2.75) is 11.8 Å². The van der Waals surface area contributed by atoms with Crippen LogP contribution < -0.4 is 19.5 Å². The third-order valence-corrected chi connectivity index (χ3v) is 5.76. The van der Waals surface area contributed by atoms with Crippen molar-refractivity contribution in [2.24, 2.45) is 0 Å². The van der Waals surface area contributed by atoms with Gasteiger partial charge in [-0.3, -0.25) is 9.52 Å². The van der Waals surface area contributed by atoms with Gasteiger partial charge in [-0.2, -0.15) is 0 Å². The molecule has 3 aromatic carbocycles. The largest absolute Gasteiger partial charge is 0.454 e. The third kappa shape index (κ3) is 4.17. The molecule has 29 heavy (non-hydrogen) atoms. The van der Waals surface area contributed by atoms with Crippen molar-refractivity contribution in [2.75, 3.05) is 16.8 Å². The first-order valence-electron chi connectivity index (χ1n) is 8.81. The Kier molecular flexibility index (Phi) is 4.85. The molecule has 0 saturated carbocycles. The van der Waals surface area contributed by atoms with Crippen LogP contribution in [0.15, 0.2) is 71.6 Å². The minimum Gasteiger partial charge on any atom is -0.454 e. The van der Waals surface area contributed by atoms with Crippen LogP contribution in [-0.2, 0) is 10.0 Å². The quantitative estimate of drug-likeness (QED) is 0.668. The molecule has 148 valence electrons. The summed E-state index contributed by atoms with van der Waals surface area (Å²) in [6, 6.07) is 17.8. The van der Waals surface area contributed by atoms with E-state index in [1.54, 1.807) is 30.3 Å². The zero-order valence-electron chi connectivity index (χ0n) is 15.5. The molecule has 1 aliphatic rings. The zero-order valence-corrected chi connectivity index (χ0v) is 16.3. The second-order valence-corrected chi connectivity index (χ2v) is 8.20.